The van der Waals surface area contributed by atoms with Crippen molar-refractivity contribution < 1.29 is 19.9 Å². The summed E-state index contributed by atoms with van der Waals surface area (Å²) in [7, 11) is 0. The first-order valence-corrected chi connectivity index (χ1v) is 5.15. The van der Waals surface area contributed by atoms with Crippen molar-refractivity contribution in [3.05, 3.63) is 12.2 Å². The second kappa shape index (κ2) is 3.47. The number of rotatable bonds is 3. The molecular weight excluding hydrogens is 226 g/mol. The first-order valence-electron chi connectivity index (χ1n) is 5.15. The maximum Gasteiger partial charge on any atom is 0.318 e. The molecule has 7 nitrogen and oxygen atoms in total. The van der Waals surface area contributed by atoms with Crippen LogP contribution in [0, 0.1) is 23.2 Å². The highest BCUT2D eigenvalue weighted by atomic mass is 16.4. The molecule has 6 N–H and O–H groups in total. The molecule has 1 saturated carbocycles. The second-order valence-corrected chi connectivity index (χ2v) is 4.43. The van der Waals surface area contributed by atoms with E-state index in [1.807, 2.05) is 0 Å². The Morgan fingerprint density at radius 3 is 2.47 bits per heavy atom. The molecule has 0 radical (unpaired) electrons. The molecule has 0 aromatic rings. The summed E-state index contributed by atoms with van der Waals surface area (Å²) in [5.74, 6) is -4.17. The van der Waals surface area contributed by atoms with Crippen molar-refractivity contribution in [2.45, 2.75) is 6.42 Å². The number of amides is 1. The number of carbonyl (C=O) groups is 2. The van der Waals surface area contributed by atoms with E-state index in [1.165, 1.54) is 0 Å². The molecule has 0 spiro atoms. The zero-order valence-electron chi connectivity index (χ0n) is 8.91. The van der Waals surface area contributed by atoms with E-state index < -0.39 is 35.0 Å². The number of allylic oxidation sites excluding steroid dienone is 2. The summed E-state index contributed by atoms with van der Waals surface area (Å²) in [6.07, 6.45) is 3.94. The number of nitrogens with zero attached hydrogens (tertiary/aromatic N) is 1. The topological polar surface area (TPSA) is 139 Å². The molecule has 2 aliphatic rings. The number of nitrogens with two attached hydrogens (primary N) is 2. The highest BCUT2D eigenvalue weighted by Crippen LogP contribution is 2.56. The number of carbonyl (C=O) groups excluding carboxylic acids is 1. The molecular formula is C10H13N3O4. The van der Waals surface area contributed by atoms with Crippen LogP contribution in [-0.2, 0) is 9.59 Å². The number of amidine groups is 1. The molecule has 2 bridgehead atoms. The summed E-state index contributed by atoms with van der Waals surface area (Å²) < 4.78 is 0. The third kappa shape index (κ3) is 1.19. The van der Waals surface area contributed by atoms with Gasteiger partial charge < -0.3 is 21.8 Å². The Kier molecular flexibility index (Phi) is 2.34. The maximum absolute atomic E-state index is 11.5. The summed E-state index contributed by atoms with van der Waals surface area (Å²) >= 11 is 0. The summed E-state index contributed by atoms with van der Waals surface area (Å²) in [4.78, 5) is 23.0. The summed E-state index contributed by atoms with van der Waals surface area (Å²) in [5, 5.41) is 20.9. The first kappa shape index (κ1) is 11.4. The first-order chi connectivity index (χ1) is 7.96. The minimum atomic E-state index is -1.71. The van der Waals surface area contributed by atoms with Gasteiger partial charge in [-0.25, -0.2) is 0 Å². The van der Waals surface area contributed by atoms with Gasteiger partial charge in [-0.3, -0.25) is 9.59 Å². The van der Waals surface area contributed by atoms with Crippen molar-refractivity contribution in [1.29, 1.82) is 0 Å². The lowest BCUT2D eigenvalue weighted by Crippen LogP contribution is -2.55. The van der Waals surface area contributed by atoms with E-state index in [4.69, 9.17) is 16.7 Å². The van der Waals surface area contributed by atoms with Crippen LogP contribution >= 0.6 is 0 Å². The Labute approximate surface area is 96.8 Å². The Morgan fingerprint density at radius 1 is 1.35 bits per heavy atom. The summed E-state index contributed by atoms with van der Waals surface area (Å²) in [6.45, 7) is 0. The van der Waals surface area contributed by atoms with Crippen LogP contribution in [0.1, 0.15) is 6.42 Å². The third-order valence-corrected chi connectivity index (χ3v) is 3.81. The molecule has 0 aromatic heterocycles. The molecule has 92 valence electrons. The Hall–Kier alpha value is -2.05. The van der Waals surface area contributed by atoms with Gasteiger partial charge in [0.1, 0.15) is 5.41 Å². The number of carboxylic acid groups (broad SMARTS) is 1. The lowest BCUT2D eigenvalue weighted by Gasteiger charge is -2.34. The van der Waals surface area contributed by atoms with Gasteiger partial charge in [0.05, 0.1) is 5.92 Å². The number of carboxylic acids is 1. The molecule has 1 fully saturated rings. The number of hydrogen-bond acceptors (Lipinski definition) is 4. The lowest BCUT2D eigenvalue weighted by molar-refractivity contribution is -0.151. The Balaban J connectivity index is 2.62. The van der Waals surface area contributed by atoms with E-state index in [9.17, 15) is 14.7 Å². The predicted octanol–water partition coefficient (Wildman–Crippen LogP) is -0.889. The molecule has 4 unspecified atom stereocenters. The molecule has 0 aliphatic heterocycles. The van der Waals surface area contributed by atoms with Crippen LogP contribution in [0.5, 0.6) is 0 Å². The molecule has 0 saturated heterocycles. The molecule has 1 amide bonds. The van der Waals surface area contributed by atoms with Crippen molar-refractivity contribution in [1.82, 2.24) is 0 Å². The van der Waals surface area contributed by atoms with Gasteiger partial charge >= 0.3 is 5.97 Å². The van der Waals surface area contributed by atoms with Gasteiger partial charge in [-0.15, -0.1) is 0 Å². The molecule has 2 rings (SSSR count). The largest absolute Gasteiger partial charge is 0.480 e. The van der Waals surface area contributed by atoms with Crippen LogP contribution in [0.3, 0.4) is 0 Å². The van der Waals surface area contributed by atoms with Crippen LogP contribution in [-0.4, -0.2) is 28.0 Å². The summed E-state index contributed by atoms with van der Waals surface area (Å²) in [6, 6.07) is 0. The van der Waals surface area contributed by atoms with E-state index >= 15 is 0 Å². The Bertz CT molecular complexity index is 445. The average molecular weight is 239 g/mol. The highest BCUT2D eigenvalue weighted by Gasteiger charge is 2.65. The minimum absolute atomic E-state index is 0.256. The van der Waals surface area contributed by atoms with Crippen LogP contribution in [0.4, 0.5) is 0 Å². The smallest absolute Gasteiger partial charge is 0.318 e. The normalized spacial score (nSPS) is 39.5. The van der Waals surface area contributed by atoms with Gasteiger partial charge in [0, 0.05) is 5.92 Å². The van der Waals surface area contributed by atoms with Crippen LogP contribution in [0.2, 0.25) is 0 Å². The van der Waals surface area contributed by atoms with E-state index in [0.29, 0.717) is 6.42 Å². The molecule has 0 heterocycles. The van der Waals surface area contributed by atoms with Crippen molar-refractivity contribution in [2.75, 3.05) is 0 Å². The molecule has 4 atom stereocenters. The van der Waals surface area contributed by atoms with E-state index in [2.05, 4.69) is 5.16 Å². The number of fused-ring (bicyclic) bond motifs is 2. The molecule has 0 aromatic carbocycles. The average Bonchev–Trinajstić information content (AvgIpc) is 2.85. The summed E-state index contributed by atoms with van der Waals surface area (Å²) in [5.41, 5.74) is 9.06. The minimum Gasteiger partial charge on any atom is -0.480 e. The van der Waals surface area contributed by atoms with Gasteiger partial charge in [0.2, 0.25) is 5.91 Å². The van der Waals surface area contributed by atoms with Gasteiger partial charge in [-0.2, -0.15) is 0 Å². The van der Waals surface area contributed by atoms with Crippen molar-refractivity contribution in [2.24, 2.45) is 39.8 Å². The van der Waals surface area contributed by atoms with Crippen LogP contribution in [0.25, 0.3) is 0 Å². The van der Waals surface area contributed by atoms with Gasteiger partial charge in [0.15, 0.2) is 5.84 Å². The van der Waals surface area contributed by atoms with Crippen molar-refractivity contribution >= 4 is 17.7 Å². The van der Waals surface area contributed by atoms with Crippen LogP contribution < -0.4 is 11.5 Å². The Morgan fingerprint density at radius 2 is 2.00 bits per heavy atom. The highest BCUT2D eigenvalue weighted by molar-refractivity contribution is 6.09. The van der Waals surface area contributed by atoms with E-state index in [1.54, 1.807) is 12.2 Å². The van der Waals surface area contributed by atoms with Gasteiger partial charge in [-0.1, -0.05) is 17.3 Å². The number of oxime groups is 1. The van der Waals surface area contributed by atoms with E-state index in [0.717, 1.165) is 0 Å². The zero-order chi connectivity index (χ0) is 12.8. The quantitative estimate of drug-likeness (QED) is 0.166. The van der Waals surface area contributed by atoms with Crippen molar-refractivity contribution in [3.63, 3.8) is 0 Å². The molecule has 2 aliphatic carbocycles. The zero-order valence-corrected chi connectivity index (χ0v) is 8.91. The number of hydrogen-bond donors (Lipinski definition) is 4. The standard InChI is InChI=1S/C10H13N3O4/c11-7(14)6-4-1-2-5(3-4)10(6,9(15)16)8(12)13-17/h1-2,4-6,17H,3H2,(H2,11,14)(H2,12,13)(H,15,16). The monoisotopic (exact) mass is 239 g/mol. The number of primary amides is 1. The van der Waals surface area contributed by atoms with Gasteiger partial charge in [0.25, 0.3) is 0 Å². The van der Waals surface area contributed by atoms with Gasteiger partial charge in [-0.05, 0) is 12.3 Å². The van der Waals surface area contributed by atoms with Crippen LogP contribution in [0.15, 0.2) is 17.3 Å². The third-order valence-electron chi connectivity index (χ3n) is 3.81. The fourth-order valence-corrected chi connectivity index (χ4v) is 3.15. The maximum atomic E-state index is 11.5. The van der Waals surface area contributed by atoms with E-state index in [-0.39, 0.29) is 5.92 Å². The molecule has 7 heteroatoms. The fourth-order valence-electron chi connectivity index (χ4n) is 3.15. The number of aliphatic carboxylic acids is 1. The second-order valence-electron chi connectivity index (χ2n) is 4.43. The lowest BCUT2D eigenvalue weighted by atomic mass is 9.67. The predicted molar refractivity (Wildman–Crippen MR) is 56.9 cm³/mol. The fraction of sp³-hybridized carbons (Fsp3) is 0.500. The SMILES string of the molecule is NC(=O)C1C2C=CC(C2)C1(C(=O)O)C(N)=NO. The molecule has 17 heavy (non-hydrogen) atoms. The van der Waals surface area contributed by atoms with Crippen molar-refractivity contribution in [3.8, 4) is 0 Å².